The van der Waals surface area contributed by atoms with Gasteiger partial charge >= 0.3 is 11.9 Å². The molecule has 5 rings (SSSR count). The van der Waals surface area contributed by atoms with Gasteiger partial charge in [-0.15, -0.1) is 53.0 Å². The Morgan fingerprint density at radius 1 is 1.16 bits per heavy atom. The number of nitrogens with two attached hydrogens (primary N) is 1. The summed E-state index contributed by atoms with van der Waals surface area (Å²) in [5.41, 5.74) is 7.67. The van der Waals surface area contributed by atoms with Gasteiger partial charge in [0.05, 0.1) is 25.1 Å². The fraction of sp³-hybridized carbons (Fsp3) is 0.467. The van der Waals surface area contributed by atoms with E-state index < -0.39 is 35.6 Å². The first-order valence-electron chi connectivity index (χ1n) is 15.3. The van der Waals surface area contributed by atoms with Crippen molar-refractivity contribution in [3.8, 4) is 0 Å². The molecule has 272 valence electrons. The van der Waals surface area contributed by atoms with E-state index in [-0.39, 0.29) is 55.7 Å². The number of tetrazole rings is 1. The number of aromatic nitrogens is 5. The van der Waals surface area contributed by atoms with Gasteiger partial charge in [0.2, 0.25) is 17.4 Å². The minimum absolute atomic E-state index is 0. The first-order chi connectivity index (χ1) is 23.1. The standard InChI is InChI=1S/C30H37N9O6S3.2ClH/c1-4-8-23(44-22(41)13-18-9-6-5-7-10-18)45-28(43)25-19(16-48-30-34-35-36-38(30)12-11-37(2)3)15-46-27-24(26(42)39(25)27)33-21(40)14-20-17-47-29(31)32-20;;/h5-7,9-10,17,23-24,27H,4,8,11-16H2,1-3H3,(H2,31,32)(H,33,40);2*1H/t23?,24-,27+;;/m1../s1. The molecule has 20 heteroatoms. The van der Waals surface area contributed by atoms with Crippen molar-refractivity contribution in [2.45, 2.75) is 62.0 Å². The van der Waals surface area contributed by atoms with Gasteiger partial charge in [-0.05, 0) is 42.1 Å². The Bertz CT molecular complexity index is 1660. The lowest BCUT2D eigenvalue weighted by Gasteiger charge is -2.49. The normalized spacial score (nSPS) is 17.2. The van der Waals surface area contributed by atoms with Crippen molar-refractivity contribution in [1.82, 2.24) is 40.3 Å². The monoisotopic (exact) mass is 787 g/mol. The van der Waals surface area contributed by atoms with E-state index >= 15 is 0 Å². The van der Waals surface area contributed by atoms with E-state index in [0.717, 1.165) is 12.1 Å². The number of carbonyl (C=O) groups excluding carboxylic acids is 4. The summed E-state index contributed by atoms with van der Waals surface area (Å²) in [5.74, 6) is -1.48. The predicted octanol–water partition coefficient (Wildman–Crippen LogP) is 2.56. The first-order valence-corrected chi connectivity index (χ1v) is 18.2. The highest BCUT2D eigenvalue weighted by Gasteiger charge is 2.54. The van der Waals surface area contributed by atoms with Gasteiger partial charge in [0.1, 0.15) is 17.1 Å². The second-order valence-corrected chi connectivity index (χ2v) is 14.3. The molecule has 1 unspecified atom stereocenters. The number of hydrogen-bond acceptors (Lipinski definition) is 15. The van der Waals surface area contributed by atoms with Crippen molar-refractivity contribution in [1.29, 1.82) is 0 Å². The van der Waals surface area contributed by atoms with Gasteiger partial charge in [-0.2, -0.15) is 0 Å². The summed E-state index contributed by atoms with van der Waals surface area (Å²) in [5, 5.41) is 16.9. The largest absolute Gasteiger partial charge is 0.425 e. The van der Waals surface area contributed by atoms with Gasteiger partial charge in [-0.1, -0.05) is 49.0 Å². The van der Waals surface area contributed by atoms with Crippen molar-refractivity contribution in [2.24, 2.45) is 0 Å². The number of thioether (sulfide) groups is 2. The Kier molecular flexibility index (Phi) is 15.8. The minimum atomic E-state index is -1.15. The van der Waals surface area contributed by atoms with Crippen LogP contribution in [0.2, 0.25) is 0 Å². The molecule has 1 fully saturated rings. The zero-order valence-corrected chi connectivity index (χ0v) is 31.6. The van der Waals surface area contributed by atoms with E-state index in [4.69, 9.17) is 15.2 Å². The van der Waals surface area contributed by atoms with Crippen LogP contribution in [0.25, 0.3) is 0 Å². The number of ether oxygens (including phenoxy) is 2. The Morgan fingerprint density at radius 3 is 2.60 bits per heavy atom. The third-order valence-electron chi connectivity index (χ3n) is 7.32. The highest BCUT2D eigenvalue weighted by molar-refractivity contribution is 8.01. The van der Waals surface area contributed by atoms with E-state index in [9.17, 15) is 19.2 Å². The highest BCUT2D eigenvalue weighted by Crippen LogP contribution is 2.42. The highest BCUT2D eigenvalue weighted by atomic mass is 35.5. The lowest BCUT2D eigenvalue weighted by molar-refractivity contribution is -0.188. The number of nitrogens with one attached hydrogen (secondary N) is 1. The molecule has 15 nitrogen and oxygen atoms in total. The second kappa shape index (κ2) is 19.3. The van der Waals surface area contributed by atoms with Crippen molar-refractivity contribution in [3.63, 3.8) is 0 Å². The van der Waals surface area contributed by atoms with Crippen molar-refractivity contribution in [2.75, 3.05) is 37.9 Å². The van der Waals surface area contributed by atoms with Crippen LogP contribution in [-0.2, 0) is 48.0 Å². The van der Waals surface area contributed by atoms with Gasteiger partial charge in [0, 0.05) is 29.9 Å². The van der Waals surface area contributed by atoms with E-state index in [1.165, 1.54) is 39.8 Å². The zero-order chi connectivity index (χ0) is 34.2. The third kappa shape index (κ3) is 10.6. The molecule has 0 spiro atoms. The minimum Gasteiger partial charge on any atom is -0.425 e. The van der Waals surface area contributed by atoms with Gasteiger partial charge in [-0.25, -0.2) is 14.5 Å². The van der Waals surface area contributed by atoms with Crippen molar-refractivity contribution in [3.05, 3.63) is 58.2 Å². The number of nitrogens with zero attached hydrogens (tertiary/aromatic N) is 7. The summed E-state index contributed by atoms with van der Waals surface area (Å²) in [4.78, 5) is 60.5. The maximum atomic E-state index is 13.9. The molecule has 0 saturated carbocycles. The van der Waals surface area contributed by atoms with E-state index in [2.05, 4.69) is 25.8 Å². The molecule has 3 aromatic rings. The van der Waals surface area contributed by atoms with Crippen molar-refractivity contribution >= 4 is 88.6 Å². The molecule has 2 amide bonds. The van der Waals surface area contributed by atoms with Crippen LogP contribution in [0.15, 0.2) is 52.1 Å². The average Bonchev–Trinajstić information content (AvgIpc) is 3.69. The zero-order valence-electron chi connectivity index (χ0n) is 27.6. The quantitative estimate of drug-likeness (QED) is 0.0933. The molecule has 3 atom stereocenters. The summed E-state index contributed by atoms with van der Waals surface area (Å²) in [7, 11) is 3.91. The number of amides is 2. The van der Waals surface area contributed by atoms with Crippen molar-refractivity contribution < 1.29 is 28.7 Å². The van der Waals surface area contributed by atoms with Crippen LogP contribution in [0.1, 0.15) is 31.0 Å². The number of esters is 2. The fourth-order valence-corrected chi connectivity index (χ4v) is 7.92. The lowest BCUT2D eigenvalue weighted by Crippen LogP contribution is -2.70. The molecular weight excluding hydrogens is 749 g/mol. The van der Waals surface area contributed by atoms with E-state index in [1.807, 2.05) is 56.3 Å². The molecule has 2 aromatic heterocycles. The Labute approximate surface area is 314 Å². The predicted molar refractivity (Wildman–Crippen MR) is 195 cm³/mol. The molecule has 3 N–H and O–H groups in total. The topological polar surface area (TPSA) is 188 Å². The number of nitrogen functional groups attached to an aromatic ring is 1. The molecule has 0 radical (unpaired) electrons. The van der Waals surface area contributed by atoms with Crippen LogP contribution < -0.4 is 11.1 Å². The second-order valence-electron chi connectivity index (χ2n) is 11.3. The number of likely N-dealkylation sites (N-methyl/N-ethyl adjacent to an activating group) is 1. The SMILES string of the molecule is CCCC(OC(=O)Cc1ccccc1)OC(=O)C1=C(CSc2nnnn2CCN(C)C)CS[C@H]2[C@H](NC(=O)Cc3csc(N)n3)C(=O)N12.Cl.Cl. The van der Waals surface area contributed by atoms with Crippen LogP contribution in [-0.4, -0.2) is 109 Å². The molecule has 0 aliphatic carbocycles. The molecule has 50 heavy (non-hydrogen) atoms. The van der Waals surface area contributed by atoms with Gasteiger partial charge in [-0.3, -0.25) is 19.3 Å². The number of fused-ring (bicyclic) bond motifs is 1. The average molecular weight is 789 g/mol. The summed E-state index contributed by atoms with van der Waals surface area (Å²) in [6.45, 7) is 3.18. The Hall–Kier alpha value is -3.42. The fourth-order valence-electron chi connectivity index (χ4n) is 4.97. The molecule has 0 bridgehead atoms. The molecule has 2 aliphatic rings. The van der Waals surface area contributed by atoms with Gasteiger partial charge < -0.3 is 25.4 Å². The van der Waals surface area contributed by atoms with Crippen LogP contribution in [0.3, 0.4) is 0 Å². The summed E-state index contributed by atoms with van der Waals surface area (Å²) in [6.07, 6.45) is -0.311. The number of hydrogen-bond donors (Lipinski definition) is 2. The number of carbonyl (C=O) groups is 4. The molecular formula is C30H39Cl2N9O6S3. The number of β-lactam (4-membered cyclic amide) rings is 1. The summed E-state index contributed by atoms with van der Waals surface area (Å²) in [6, 6.07) is 8.28. The van der Waals surface area contributed by atoms with Gasteiger partial charge in [0.15, 0.2) is 5.13 Å². The maximum Gasteiger partial charge on any atom is 0.358 e. The van der Waals surface area contributed by atoms with Crippen LogP contribution in [0.4, 0.5) is 5.13 Å². The lowest BCUT2D eigenvalue weighted by atomic mass is 10.0. The van der Waals surface area contributed by atoms with Crippen LogP contribution >= 0.6 is 59.7 Å². The van der Waals surface area contributed by atoms with Crippen LogP contribution in [0.5, 0.6) is 0 Å². The Balaban J connectivity index is 0.00000338. The first kappa shape index (κ1) is 41.0. The number of halogens is 2. The van der Waals surface area contributed by atoms with Crippen LogP contribution in [0, 0.1) is 0 Å². The summed E-state index contributed by atoms with van der Waals surface area (Å²) < 4.78 is 13.1. The molecule has 4 heterocycles. The van der Waals surface area contributed by atoms with Gasteiger partial charge in [0.25, 0.3) is 5.91 Å². The molecule has 2 aliphatic heterocycles. The number of anilines is 1. The summed E-state index contributed by atoms with van der Waals surface area (Å²) >= 11 is 4.00. The third-order valence-corrected chi connectivity index (χ3v) is 10.4. The van der Waals surface area contributed by atoms with E-state index in [1.54, 1.807) is 10.1 Å². The number of rotatable bonds is 16. The maximum absolute atomic E-state index is 13.9. The number of thiazole rings is 1. The molecule has 1 saturated heterocycles. The van der Waals surface area contributed by atoms with E-state index in [0.29, 0.717) is 46.0 Å². The number of benzene rings is 1. The Morgan fingerprint density at radius 2 is 1.92 bits per heavy atom. The smallest absolute Gasteiger partial charge is 0.358 e. The molecule has 1 aromatic carbocycles.